The van der Waals surface area contributed by atoms with Gasteiger partial charge < -0.3 is 15.2 Å². The molecule has 136 valence electrons. The van der Waals surface area contributed by atoms with Gasteiger partial charge in [-0.15, -0.1) is 0 Å². The molecule has 0 heterocycles. The molecule has 24 heavy (non-hydrogen) atoms. The molecule has 2 N–H and O–H groups in total. The summed E-state index contributed by atoms with van der Waals surface area (Å²) in [5, 5.41) is 0. The van der Waals surface area contributed by atoms with Crippen LogP contribution in [0, 0.1) is 17.3 Å². The van der Waals surface area contributed by atoms with Gasteiger partial charge in [-0.25, -0.2) is 0 Å². The summed E-state index contributed by atoms with van der Waals surface area (Å²) in [6.45, 7) is 10.4. The van der Waals surface area contributed by atoms with Gasteiger partial charge in [-0.3, -0.25) is 0 Å². The topological polar surface area (TPSA) is 44.5 Å². The summed E-state index contributed by atoms with van der Waals surface area (Å²) in [5.41, 5.74) is 6.95. The zero-order chi connectivity index (χ0) is 17.6. The summed E-state index contributed by atoms with van der Waals surface area (Å²) < 4.78 is 12.3. The van der Waals surface area contributed by atoms with E-state index in [4.69, 9.17) is 15.2 Å². The first-order valence-electron chi connectivity index (χ1n) is 9.43. The van der Waals surface area contributed by atoms with Crippen molar-refractivity contribution < 1.29 is 9.47 Å². The van der Waals surface area contributed by atoms with Crippen molar-refractivity contribution in [3.05, 3.63) is 29.8 Å². The smallest absolute Gasteiger partial charge is 0.200 e. The van der Waals surface area contributed by atoms with Crippen LogP contribution in [0.4, 0.5) is 0 Å². The zero-order valence-corrected chi connectivity index (χ0v) is 15.9. The summed E-state index contributed by atoms with van der Waals surface area (Å²) in [4.78, 5) is 0. The van der Waals surface area contributed by atoms with E-state index in [0.717, 1.165) is 30.3 Å². The fourth-order valence-electron chi connectivity index (χ4n) is 3.23. The molecule has 0 bridgehead atoms. The van der Waals surface area contributed by atoms with Crippen molar-refractivity contribution in [1.29, 1.82) is 0 Å². The molecule has 3 heteroatoms. The van der Waals surface area contributed by atoms with Gasteiger partial charge in [-0.05, 0) is 47.8 Å². The lowest BCUT2D eigenvalue weighted by Crippen LogP contribution is -2.29. The summed E-state index contributed by atoms with van der Waals surface area (Å²) in [6, 6.07) is 8.02. The van der Waals surface area contributed by atoms with Crippen LogP contribution in [0.1, 0.15) is 65.4 Å². The fraction of sp³-hybridized carbons (Fsp3) is 0.714. The summed E-state index contributed by atoms with van der Waals surface area (Å²) in [7, 11) is 0. The van der Waals surface area contributed by atoms with E-state index in [2.05, 4.69) is 27.7 Å². The van der Waals surface area contributed by atoms with Crippen LogP contribution in [0.2, 0.25) is 0 Å². The number of benzene rings is 1. The number of nitrogens with two attached hydrogens (primary N) is 1. The van der Waals surface area contributed by atoms with Crippen molar-refractivity contribution in [3.8, 4) is 5.75 Å². The third kappa shape index (κ3) is 6.82. The van der Waals surface area contributed by atoms with E-state index in [1.54, 1.807) is 0 Å². The first-order chi connectivity index (χ1) is 11.4. The minimum atomic E-state index is -0.187. The molecule has 1 aliphatic carbocycles. The molecule has 0 amide bonds. The van der Waals surface area contributed by atoms with Crippen LogP contribution in [0.15, 0.2) is 24.3 Å². The lowest BCUT2D eigenvalue weighted by molar-refractivity contribution is -0.113. The predicted molar refractivity (Wildman–Crippen MR) is 99.9 cm³/mol. The molecule has 1 saturated carbocycles. The van der Waals surface area contributed by atoms with Gasteiger partial charge in [0.25, 0.3) is 0 Å². The molecule has 1 fully saturated rings. The van der Waals surface area contributed by atoms with Crippen LogP contribution in [0.3, 0.4) is 0 Å². The van der Waals surface area contributed by atoms with Crippen molar-refractivity contribution in [2.45, 2.75) is 72.6 Å². The summed E-state index contributed by atoms with van der Waals surface area (Å²) >= 11 is 0. The standard InChI is InChI=1S/C21H35NO2/c1-16-5-7-18(8-6-16)15-23-20(13-21(2,3)4)24-19-11-9-17(14-22)10-12-19/h9-12,16,18,20H,5-8,13-15,22H2,1-4H3. The molecule has 1 aliphatic rings. The van der Waals surface area contributed by atoms with Crippen LogP contribution < -0.4 is 10.5 Å². The molecule has 0 radical (unpaired) electrons. The highest BCUT2D eigenvalue weighted by molar-refractivity contribution is 5.27. The normalized spacial score (nSPS) is 23.0. The Morgan fingerprint density at radius 3 is 2.25 bits per heavy atom. The molecule has 1 atom stereocenters. The molecule has 0 saturated heterocycles. The van der Waals surface area contributed by atoms with Gasteiger partial charge in [0.2, 0.25) is 0 Å². The minimum absolute atomic E-state index is 0.170. The molecule has 0 aromatic heterocycles. The third-order valence-corrected chi connectivity index (χ3v) is 4.86. The van der Waals surface area contributed by atoms with Gasteiger partial charge >= 0.3 is 0 Å². The highest BCUT2D eigenvalue weighted by Crippen LogP contribution is 2.30. The monoisotopic (exact) mass is 333 g/mol. The highest BCUT2D eigenvalue weighted by atomic mass is 16.7. The minimum Gasteiger partial charge on any atom is -0.465 e. The van der Waals surface area contributed by atoms with Gasteiger partial charge in [-0.2, -0.15) is 0 Å². The average Bonchev–Trinajstić information content (AvgIpc) is 2.53. The molecule has 1 aromatic carbocycles. The van der Waals surface area contributed by atoms with Crippen molar-refractivity contribution in [3.63, 3.8) is 0 Å². The molecule has 0 aliphatic heterocycles. The Balaban J connectivity index is 1.90. The number of ether oxygens (including phenoxy) is 2. The van der Waals surface area contributed by atoms with Crippen LogP contribution in [0.5, 0.6) is 5.75 Å². The first-order valence-corrected chi connectivity index (χ1v) is 9.43. The maximum Gasteiger partial charge on any atom is 0.200 e. The lowest BCUT2D eigenvalue weighted by Gasteiger charge is -2.30. The second-order valence-electron chi connectivity index (χ2n) is 8.62. The Kier molecular flexibility index (Phi) is 7.12. The Hall–Kier alpha value is -1.06. The number of rotatable bonds is 7. The molecule has 1 unspecified atom stereocenters. The largest absolute Gasteiger partial charge is 0.465 e. The van der Waals surface area contributed by atoms with E-state index in [1.807, 2.05) is 24.3 Å². The predicted octanol–water partition coefficient (Wildman–Crippen LogP) is 5.13. The lowest BCUT2D eigenvalue weighted by atomic mass is 9.83. The number of hydrogen-bond acceptors (Lipinski definition) is 3. The molecule has 2 rings (SSSR count). The maximum atomic E-state index is 6.21. The van der Waals surface area contributed by atoms with Gasteiger partial charge in [0, 0.05) is 13.0 Å². The van der Waals surface area contributed by atoms with E-state index in [-0.39, 0.29) is 11.7 Å². The third-order valence-electron chi connectivity index (χ3n) is 4.86. The SMILES string of the molecule is CC1CCC(COC(CC(C)(C)C)Oc2ccc(CN)cc2)CC1. The second-order valence-corrected chi connectivity index (χ2v) is 8.62. The maximum absolute atomic E-state index is 6.21. The van der Waals surface area contributed by atoms with E-state index in [0.29, 0.717) is 12.5 Å². The number of hydrogen-bond donors (Lipinski definition) is 1. The molecular formula is C21H35NO2. The molecule has 1 aromatic rings. The Bertz CT molecular complexity index is 470. The van der Waals surface area contributed by atoms with Gasteiger partial charge in [0.15, 0.2) is 6.29 Å². The van der Waals surface area contributed by atoms with E-state index < -0.39 is 0 Å². The van der Waals surface area contributed by atoms with Gasteiger partial charge in [-0.1, -0.05) is 52.7 Å². The summed E-state index contributed by atoms with van der Waals surface area (Å²) in [6.07, 6.45) is 5.93. The van der Waals surface area contributed by atoms with Gasteiger partial charge in [0.05, 0.1) is 6.61 Å². The van der Waals surface area contributed by atoms with Crippen LogP contribution in [-0.4, -0.2) is 12.9 Å². The van der Waals surface area contributed by atoms with Crippen LogP contribution in [0.25, 0.3) is 0 Å². The molecule has 0 spiro atoms. The Labute approximate surface area is 147 Å². The first kappa shape index (κ1) is 19.3. The Morgan fingerprint density at radius 1 is 1.08 bits per heavy atom. The average molecular weight is 334 g/mol. The van der Waals surface area contributed by atoms with Crippen LogP contribution >= 0.6 is 0 Å². The van der Waals surface area contributed by atoms with Crippen molar-refractivity contribution in [2.24, 2.45) is 23.0 Å². The molecule has 3 nitrogen and oxygen atoms in total. The van der Waals surface area contributed by atoms with Gasteiger partial charge in [0.1, 0.15) is 5.75 Å². The Morgan fingerprint density at radius 2 is 1.71 bits per heavy atom. The van der Waals surface area contributed by atoms with E-state index >= 15 is 0 Å². The van der Waals surface area contributed by atoms with Crippen molar-refractivity contribution in [1.82, 2.24) is 0 Å². The van der Waals surface area contributed by atoms with Crippen LogP contribution in [-0.2, 0) is 11.3 Å². The molecular weight excluding hydrogens is 298 g/mol. The van der Waals surface area contributed by atoms with Crippen molar-refractivity contribution in [2.75, 3.05) is 6.61 Å². The van der Waals surface area contributed by atoms with E-state index in [1.165, 1.54) is 25.7 Å². The van der Waals surface area contributed by atoms with Crippen molar-refractivity contribution >= 4 is 0 Å². The summed E-state index contributed by atoms with van der Waals surface area (Å²) in [5.74, 6) is 2.43. The quantitative estimate of drug-likeness (QED) is 0.704. The van der Waals surface area contributed by atoms with E-state index in [9.17, 15) is 0 Å². The highest BCUT2D eigenvalue weighted by Gasteiger charge is 2.24. The fourth-order valence-corrected chi connectivity index (χ4v) is 3.23. The second kappa shape index (κ2) is 8.87. The zero-order valence-electron chi connectivity index (χ0n) is 15.9.